The molecule has 0 spiro atoms. The normalized spacial score (nSPS) is 25.0. The Bertz CT molecular complexity index is 228. The molecule has 2 rings (SSSR count). The van der Waals surface area contributed by atoms with Crippen LogP contribution in [0.5, 0.6) is 0 Å². The van der Waals surface area contributed by atoms with Gasteiger partial charge in [-0.25, -0.2) is 0 Å². The molecule has 18 heavy (non-hydrogen) atoms. The average molecular weight is 253 g/mol. The van der Waals surface area contributed by atoms with E-state index < -0.39 is 0 Å². The van der Waals surface area contributed by atoms with Gasteiger partial charge in [-0.3, -0.25) is 0 Å². The molecule has 3 heteroatoms. The van der Waals surface area contributed by atoms with E-state index in [9.17, 15) is 0 Å². The van der Waals surface area contributed by atoms with Gasteiger partial charge in [-0.1, -0.05) is 12.8 Å². The van der Waals surface area contributed by atoms with Crippen molar-refractivity contribution in [3.8, 4) is 0 Å². The first-order chi connectivity index (χ1) is 8.74. The summed E-state index contributed by atoms with van der Waals surface area (Å²) in [5, 5.41) is 3.68. The second kappa shape index (κ2) is 7.46. The number of nitrogens with one attached hydrogen (secondary N) is 1. The van der Waals surface area contributed by atoms with E-state index in [1.165, 1.54) is 71.4 Å². The molecule has 1 heterocycles. The molecule has 0 aromatic rings. The van der Waals surface area contributed by atoms with E-state index in [-0.39, 0.29) is 0 Å². The topological polar surface area (TPSA) is 18.5 Å². The second-order valence-electron chi connectivity index (χ2n) is 6.39. The summed E-state index contributed by atoms with van der Waals surface area (Å²) >= 11 is 0. The zero-order valence-corrected chi connectivity index (χ0v) is 12.3. The monoisotopic (exact) mass is 253 g/mol. The molecule has 1 saturated heterocycles. The Hall–Kier alpha value is -0.120. The van der Waals surface area contributed by atoms with Gasteiger partial charge in [-0.15, -0.1) is 0 Å². The first-order valence-electron chi connectivity index (χ1n) is 7.88. The maximum Gasteiger partial charge on any atom is 0.0109 e. The molecule has 1 aliphatic heterocycles. The van der Waals surface area contributed by atoms with Gasteiger partial charge in [-0.2, -0.15) is 0 Å². The molecule has 106 valence electrons. The lowest BCUT2D eigenvalue weighted by Crippen LogP contribution is -2.33. The molecule has 2 aliphatic rings. The second-order valence-corrected chi connectivity index (χ2v) is 6.39. The van der Waals surface area contributed by atoms with Crippen LogP contribution in [-0.4, -0.2) is 62.2 Å². The third-order valence-electron chi connectivity index (χ3n) is 4.34. The van der Waals surface area contributed by atoms with Gasteiger partial charge in [0.05, 0.1) is 0 Å². The molecule has 1 atom stereocenters. The zero-order chi connectivity index (χ0) is 12.8. The lowest BCUT2D eigenvalue weighted by Gasteiger charge is -2.20. The van der Waals surface area contributed by atoms with Gasteiger partial charge in [0.1, 0.15) is 0 Å². The van der Waals surface area contributed by atoms with Crippen LogP contribution in [0.1, 0.15) is 39.0 Å². The van der Waals surface area contributed by atoms with Gasteiger partial charge in [0.15, 0.2) is 0 Å². The van der Waals surface area contributed by atoms with Gasteiger partial charge in [0.25, 0.3) is 0 Å². The van der Waals surface area contributed by atoms with E-state index in [0.717, 1.165) is 12.0 Å². The first kappa shape index (κ1) is 14.3. The molecule has 3 nitrogen and oxygen atoms in total. The van der Waals surface area contributed by atoms with Crippen LogP contribution in [0.25, 0.3) is 0 Å². The minimum atomic E-state index is 0.729. The Labute approximate surface area is 113 Å². The van der Waals surface area contributed by atoms with Crippen molar-refractivity contribution < 1.29 is 0 Å². The predicted molar refractivity (Wildman–Crippen MR) is 78.0 cm³/mol. The summed E-state index contributed by atoms with van der Waals surface area (Å²) in [5.41, 5.74) is 0. The predicted octanol–water partition coefficient (Wildman–Crippen LogP) is 1.79. The van der Waals surface area contributed by atoms with Crippen LogP contribution >= 0.6 is 0 Å². The number of hydrogen-bond acceptors (Lipinski definition) is 3. The molecular formula is C15H31N3. The van der Waals surface area contributed by atoms with Crippen molar-refractivity contribution in [2.75, 3.05) is 46.3 Å². The summed E-state index contributed by atoms with van der Waals surface area (Å²) in [6.07, 6.45) is 7.00. The molecule has 1 N–H and O–H groups in total. The quantitative estimate of drug-likeness (QED) is 0.698. The maximum atomic E-state index is 3.68. The molecule has 0 unspecified atom stereocenters. The van der Waals surface area contributed by atoms with Crippen LogP contribution in [0.15, 0.2) is 0 Å². The van der Waals surface area contributed by atoms with Crippen molar-refractivity contribution in [1.82, 2.24) is 15.1 Å². The fourth-order valence-corrected chi connectivity index (χ4v) is 2.91. The number of likely N-dealkylation sites (N-methyl/N-ethyl adjacent to an activating group) is 1. The minimum Gasteiger partial charge on any atom is -0.314 e. The Morgan fingerprint density at radius 2 is 2.00 bits per heavy atom. The Kier molecular flexibility index (Phi) is 5.93. The number of rotatable bonds is 7. The molecule has 1 saturated carbocycles. The van der Waals surface area contributed by atoms with E-state index in [2.05, 4.69) is 29.1 Å². The smallest absolute Gasteiger partial charge is 0.0109 e. The van der Waals surface area contributed by atoms with E-state index in [0.29, 0.717) is 0 Å². The highest BCUT2D eigenvalue weighted by atomic mass is 15.2. The Morgan fingerprint density at radius 3 is 2.78 bits per heavy atom. The molecule has 0 aromatic heterocycles. The first-order valence-corrected chi connectivity index (χ1v) is 7.88. The van der Waals surface area contributed by atoms with E-state index in [1.54, 1.807) is 0 Å². The van der Waals surface area contributed by atoms with Crippen LogP contribution in [0.2, 0.25) is 0 Å². The molecule has 0 radical (unpaired) electrons. The van der Waals surface area contributed by atoms with Gasteiger partial charge in [-0.05, 0) is 65.3 Å². The SMILES string of the molecule is C[C@@H](CC1CC1)NCCCN1CCCN(C)CC1. The van der Waals surface area contributed by atoms with Crippen LogP contribution in [0, 0.1) is 5.92 Å². The summed E-state index contributed by atoms with van der Waals surface area (Å²) < 4.78 is 0. The standard InChI is InChI=1S/C15H31N3/c1-14(13-15-5-6-15)16-7-3-9-18-10-4-8-17(2)11-12-18/h14-16H,3-13H2,1-2H3/t14-/m0/s1. The summed E-state index contributed by atoms with van der Waals surface area (Å²) in [5.74, 6) is 1.05. The van der Waals surface area contributed by atoms with Crippen molar-refractivity contribution >= 4 is 0 Å². The zero-order valence-electron chi connectivity index (χ0n) is 12.3. The highest BCUT2D eigenvalue weighted by Gasteiger charge is 2.23. The fourth-order valence-electron chi connectivity index (χ4n) is 2.91. The van der Waals surface area contributed by atoms with Crippen molar-refractivity contribution in [2.24, 2.45) is 5.92 Å². The lowest BCUT2D eigenvalue weighted by atomic mass is 10.1. The minimum absolute atomic E-state index is 0.729. The van der Waals surface area contributed by atoms with Crippen molar-refractivity contribution in [3.05, 3.63) is 0 Å². The number of nitrogens with zero attached hydrogens (tertiary/aromatic N) is 2. The fraction of sp³-hybridized carbons (Fsp3) is 1.00. The highest BCUT2D eigenvalue weighted by Crippen LogP contribution is 2.33. The third kappa shape index (κ3) is 5.68. The molecule has 1 aliphatic carbocycles. The van der Waals surface area contributed by atoms with Gasteiger partial charge in [0, 0.05) is 19.1 Å². The van der Waals surface area contributed by atoms with Gasteiger partial charge >= 0.3 is 0 Å². The maximum absolute atomic E-state index is 3.68. The Morgan fingerprint density at radius 1 is 1.17 bits per heavy atom. The van der Waals surface area contributed by atoms with Crippen molar-refractivity contribution in [2.45, 2.75) is 45.1 Å². The summed E-state index contributed by atoms with van der Waals surface area (Å²) in [4.78, 5) is 5.09. The van der Waals surface area contributed by atoms with Gasteiger partial charge < -0.3 is 15.1 Å². The van der Waals surface area contributed by atoms with Crippen LogP contribution in [0.3, 0.4) is 0 Å². The Balaban J connectivity index is 1.48. The highest BCUT2D eigenvalue weighted by molar-refractivity contribution is 4.78. The van der Waals surface area contributed by atoms with E-state index in [1.807, 2.05) is 0 Å². The average Bonchev–Trinajstić information content (AvgIpc) is 3.14. The lowest BCUT2D eigenvalue weighted by molar-refractivity contribution is 0.270. The van der Waals surface area contributed by atoms with Gasteiger partial charge in [0.2, 0.25) is 0 Å². The van der Waals surface area contributed by atoms with E-state index >= 15 is 0 Å². The molecular weight excluding hydrogens is 222 g/mol. The third-order valence-corrected chi connectivity index (χ3v) is 4.34. The van der Waals surface area contributed by atoms with Crippen LogP contribution in [-0.2, 0) is 0 Å². The summed E-state index contributed by atoms with van der Waals surface area (Å²) in [7, 11) is 2.24. The molecule has 0 amide bonds. The van der Waals surface area contributed by atoms with Crippen molar-refractivity contribution in [3.63, 3.8) is 0 Å². The van der Waals surface area contributed by atoms with Crippen molar-refractivity contribution in [1.29, 1.82) is 0 Å². The summed E-state index contributed by atoms with van der Waals surface area (Å²) in [6, 6.07) is 0.729. The molecule has 0 bridgehead atoms. The summed E-state index contributed by atoms with van der Waals surface area (Å²) in [6.45, 7) is 9.88. The van der Waals surface area contributed by atoms with Crippen LogP contribution in [0.4, 0.5) is 0 Å². The van der Waals surface area contributed by atoms with Crippen LogP contribution < -0.4 is 5.32 Å². The van der Waals surface area contributed by atoms with E-state index in [4.69, 9.17) is 0 Å². The molecule has 2 fully saturated rings. The largest absolute Gasteiger partial charge is 0.314 e. The molecule has 0 aromatic carbocycles. The number of hydrogen-bond donors (Lipinski definition) is 1.